The van der Waals surface area contributed by atoms with Crippen molar-refractivity contribution in [3.8, 4) is 11.4 Å². The molecule has 2 heterocycles. The number of fused-ring (bicyclic) bond motifs is 1. The van der Waals surface area contributed by atoms with E-state index in [9.17, 15) is 4.79 Å². The zero-order valence-corrected chi connectivity index (χ0v) is 10.3. The van der Waals surface area contributed by atoms with Gasteiger partial charge >= 0.3 is 5.76 Å². The summed E-state index contributed by atoms with van der Waals surface area (Å²) in [5, 5.41) is 3.84. The Morgan fingerprint density at radius 3 is 2.95 bits per heavy atom. The van der Waals surface area contributed by atoms with Gasteiger partial charge in [-0.15, -0.1) is 0 Å². The van der Waals surface area contributed by atoms with Crippen LogP contribution in [0.2, 0.25) is 0 Å². The fraction of sp³-hybridized carbons (Fsp3) is 0.250. The Labute approximate surface area is 107 Å². The summed E-state index contributed by atoms with van der Waals surface area (Å²) in [6, 6.07) is 5.29. The van der Waals surface area contributed by atoms with Gasteiger partial charge in [0.05, 0.1) is 12.1 Å². The van der Waals surface area contributed by atoms with Crippen LogP contribution in [0.1, 0.15) is 12.8 Å². The molecule has 0 saturated carbocycles. The van der Waals surface area contributed by atoms with E-state index in [4.69, 9.17) is 14.7 Å². The quantitative estimate of drug-likeness (QED) is 0.757. The first-order valence-corrected chi connectivity index (χ1v) is 5.89. The van der Waals surface area contributed by atoms with E-state index in [-0.39, 0.29) is 12.3 Å². The second-order valence-electron chi connectivity index (χ2n) is 4.01. The van der Waals surface area contributed by atoms with Gasteiger partial charge in [-0.25, -0.2) is 4.79 Å². The van der Waals surface area contributed by atoms with Crippen molar-refractivity contribution in [2.75, 3.05) is 0 Å². The van der Waals surface area contributed by atoms with E-state index in [0.717, 1.165) is 5.56 Å². The molecule has 0 aliphatic rings. The van der Waals surface area contributed by atoms with Crippen molar-refractivity contribution in [2.24, 2.45) is 5.73 Å². The van der Waals surface area contributed by atoms with Gasteiger partial charge in [0.2, 0.25) is 11.7 Å². The zero-order valence-electron chi connectivity index (χ0n) is 10.3. The van der Waals surface area contributed by atoms with E-state index in [1.54, 1.807) is 22.8 Å². The number of nitrogens with zero attached hydrogens (tertiary/aromatic N) is 3. The van der Waals surface area contributed by atoms with Crippen LogP contribution in [0.25, 0.3) is 22.5 Å². The molecule has 2 aromatic heterocycles. The number of hydrogen-bond acceptors (Lipinski definition) is 6. The topological polar surface area (TPSA) is 100 Å². The smallest absolute Gasteiger partial charge is 0.408 e. The summed E-state index contributed by atoms with van der Waals surface area (Å²) in [7, 11) is 0. The van der Waals surface area contributed by atoms with Crippen molar-refractivity contribution >= 4 is 11.1 Å². The average Bonchev–Trinajstić information content (AvgIpc) is 3.00. The minimum absolute atomic E-state index is 0.195. The van der Waals surface area contributed by atoms with Gasteiger partial charge in [0.1, 0.15) is 0 Å². The first-order chi connectivity index (χ1) is 9.22. The molecule has 98 valence electrons. The van der Waals surface area contributed by atoms with Crippen molar-refractivity contribution in [3.63, 3.8) is 0 Å². The number of aromatic nitrogens is 3. The fourth-order valence-corrected chi connectivity index (χ4v) is 1.96. The maximum atomic E-state index is 11.6. The lowest BCUT2D eigenvalue weighted by Crippen LogP contribution is -2.12. The van der Waals surface area contributed by atoms with Crippen LogP contribution in [0.3, 0.4) is 0 Å². The molecule has 0 spiro atoms. The second-order valence-corrected chi connectivity index (χ2v) is 4.01. The highest BCUT2D eigenvalue weighted by Crippen LogP contribution is 2.22. The van der Waals surface area contributed by atoms with Gasteiger partial charge in [0.15, 0.2) is 5.58 Å². The molecular formula is C12H12N4O3. The molecule has 0 aliphatic carbocycles. The third-order valence-corrected chi connectivity index (χ3v) is 2.88. The maximum Gasteiger partial charge on any atom is 0.419 e. The van der Waals surface area contributed by atoms with E-state index in [2.05, 4.69) is 10.1 Å². The largest absolute Gasteiger partial charge is 0.419 e. The third-order valence-electron chi connectivity index (χ3n) is 2.88. The van der Waals surface area contributed by atoms with Crippen LogP contribution in [0.15, 0.2) is 31.9 Å². The van der Waals surface area contributed by atoms with Gasteiger partial charge < -0.3 is 14.7 Å². The lowest BCUT2D eigenvalue weighted by molar-refractivity contribution is 0.380. The molecule has 0 fully saturated rings. The van der Waals surface area contributed by atoms with E-state index < -0.39 is 0 Å². The Hall–Kier alpha value is -2.41. The van der Waals surface area contributed by atoms with E-state index in [0.29, 0.717) is 29.4 Å². The Morgan fingerprint density at radius 1 is 1.42 bits per heavy atom. The molecule has 0 radical (unpaired) electrons. The molecule has 3 aromatic rings. The average molecular weight is 260 g/mol. The van der Waals surface area contributed by atoms with Crippen molar-refractivity contribution in [2.45, 2.75) is 20.0 Å². The Balaban J connectivity index is 2.17. The highest BCUT2D eigenvalue weighted by molar-refractivity contribution is 5.78. The molecule has 3 rings (SSSR count). The van der Waals surface area contributed by atoms with Crippen molar-refractivity contribution in [1.82, 2.24) is 14.7 Å². The third kappa shape index (κ3) is 1.84. The molecule has 0 aliphatic heterocycles. The first-order valence-electron chi connectivity index (χ1n) is 5.89. The van der Waals surface area contributed by atoms with Crippen molar-refractivity contribution < 1.29 is 8.94 Å². The molecule has 0 bridgehead atoms. The molecule has 0 saturated heterocycles. The summed E-state index contributed by atoms with van der Waals surface area (Å²) in [5.74, 6) is 0.444. The standard InChI is InChI=1S/C12H12N4O3/c1-2-16-8-5-7(3-4-9(8)18-12(16)17)11-14-10(6-13)19-15-11/h3-5H,2,6,13H2,1H3. The first kappa shape index (κ1) is 11.7. The molecule has 0 unspecified atom stereocenters. The van der Waals surface area contributed by atoms with Gasteiger partial charge in [-0.3, -0.25) is 4.57 Å². The van der Waals surface area contributed by atoms with Gasteiger partial charge in [-0.05, 0) is 25.1 Å². The summed E-state index contributed by atoms with van der Waals surface area (Å²) < 4.78 is 11.6. The predicted molar refractivity (Wildman–Crippen MR) is 67.3 cm³/mol. The van der Waals surface area contributed by atoms with Crippen LogP contribution in [0, 0.1) is 0 Å². The number of nitrogens with two attached hydrogens (primary N) is 1. The monoisotopic (exact) mass is 260 g/mol. The van der Waals surface area contributed by atoms with E-state index >= 15 is 0 Å². The van der Waals surface area contributed by atoms with Crippen LogP contribution in [0.4, 0.5) is 0 Å². The molecule has 7 heteroatoms. The number of benzene rings is 1. The summed E-state index contributed by atoms with van der Waals surface area (Å²) in [6.45, 7) is 2.61. The van der Waals surface area contributed by atoms with Gasteiger partial charge in [-0.2, -0.15) is 4.98 Å². The summed E-state index contributed by atoms with van der Waals surface area (Å²) in [4.78, 5) is 15.7. The zero-order chi connectivity index (χ0) is 13.4. The number of hydrogen-bond donors (Lipinski definition) is 1. The molecule has 7 nitrogen and oxygen atoms in total. The van der Waals surface area contributed by atoms with E-state index in [1.807, 2.05) is 6.92 Å². The van der Waals surface area contributed by atoms with Crippen LogP contribution in [-0.2, 0) is 13.1 Å². The van der Waals surface area contributed by atoms with Crippen LogP contribution in [0.5, 0.6) is 0 Å². The highest BCUT2D eigenvalue weighted by Gasteiger charge is 2.12. The molecule has 19 heavy (non-hydrogen) atoms. The van der Waals surface area contributed by atoms with Gasteiger partial charge in [0, 0.05) is 12.1 Å². The SMILES string of the molecule is CCn1c(=O)oc2ccc(-c3noc(CN)n3)cc21. The fourth-order valence-electron chi connectivity index (χ4n) is 1.96. The molecule has 1 aromatic carbocycles. The molecule has 0 atom stereocenters. The molecular weight excluding hydrogens is 248 g/mol. The lowest BCUT2D eigenvalue weighted by atomic mass is 10.2. The van der Waals surface area contributed by atoms with Crippen LogP contribution < -0.4 is 11.5 Å². The number of aryl methyl sites for hydroxylation is 1. The summed E-state index contributed by atoms with van der Waals surface area (Å²) >= 11 is 0. The van der Waals surface area contributed by atoms with Crippen LogP contribution >= 0.6 is 0 Å². The van der Waals surface area contributed by atoms with Gasteiger partial charge in [-0.1, -0.05) is 5.16 Å². The van der Waals surface area contributed by atoms with Crippen molar-refractivity contribution in [3.05, 3.63) is 34.6 Å². The molecule has 0 amide bonds. The lowest BCUT2D eigenvalue weighted by Gasteiger charge is -1.97. The maximum absolute atomic E-state index is 11.6. The summed E-state index contributed by atoms with van der Waals surface area (Å²) in [5.41, 5.74) is 7.43. The number of rotatable bonds is 3. The molecule has 2 N–H and O–H groups in total. The number of oxazole rings is 1. The van der Waals surface area contributed by atoms with Gasteiger partial charge in [0.25, 0.3) is 0 Å². The van der Waals surface area contributed by atoms with Crippen molar-refractivity contribution in [1.29, 1.82) is 0 Å². The summed E-state index contributed by atoms with van der Waals surface area (Å²) in [6.07, 6.45) is 0. The minimum Gasteiger partial charge on any atom is -0.408 e. The minimum atomic E-state index is -0.370. The normalized spacial score (nSPS) is 11.3. The van der Waals surface area contributed by atoms with Crippen LogP contribution in [-0.4, -0.2) is 14.7 Å². The van der Waals surface area contributed by atoms with E-state index in [1.165, 1.54) is 0 Å². The second kappa shape index (κ2) is 4.36. The predicted octanol–water partition coefficient (Wildman–Crippen LogP) is 1.12. The highest BCUT2D eigenvalue weighted by atomic mass is 16.5. The Bertz CT molecular complexity index is 784. The Kier molecular flexibility index (Phi) is 2.68. The Morgan fingerprint density at radius 2 is 2.26 bits per heavy atom.